The van der Waals surface area contributed by atoms with Crippen LogP contribution in [0.5, 0.6) is 0 Å². The van der Waals surface area contributed by atoms with Gasteiger partial charge in [0.1, 0.15) is 0 Å². The van der Waals surface area contributed by atoms with Crippen LogP contribution in [0.3, 0.4) is 0 Å². The highest BCUT2D eigenvalue weighted by Gasteiger charge is 2.20. The number of halogens is 2. The maximum absolute atomic E-state index is 6.46. The van der Waals surface area contributed by atoms with Gasteiger partial charge in [-0.2, -0.15) is 0 Å². The summed E-state index contributed by atoms with van der Waals surface area (Å²) in [6, 6.07) is 14.3. The van der Waals surface area contributed by atoms with Crippen LogP contribution in [0.1, 0.15) is 24.1 Å². The number of para-hydroxylation sites is 1. The SMILES string of the molecule is CCn1cc(C(Cc2ccc(Cl)cc2Cl)n2ccnc2)c2ccccc21. The van der Waals surface area contributed by atoms with Crippen molar-refractivity contribution in [3.8, 4) is 0 Å². The van der Waals surface area contributed by atoms with E-state index in [0.717, 1.165) is 18.5 Å². The predicted molar refractivity (Wildman–Crippen MR) is 108 cm³/mol. The highest BCUT2D eigenvalue weighted by atomic mass is 35.5. The van der Waals surface area contributed by atoms with Crippen molar-refractivity contribution < 1.29 is 0 Å². The Bertz CT molecular complexity index is 1030. The fraction of sp³-hybridized carbons (Fsp3) is 0.190. The molecule has 1 atom stereocenters. The largest absolute Gasteiger partial charge is 0.347 e. The summed E-state index contributed by atoms with van der Waals surface area (Å²) in [5, 5.41) is 2.61. The van der Waals surface area contributed by atoms with Crippen molar-refractivity contribution in [1.29, 1.82) is 0 Å². The standard InChI is InChI=1S/C21H19Cl2N3/c1-2-25-13-18(17-5-3-4-6-20(17)25)21(26-10-9-24-14-26)11-15-7-8-16(22)12-19(15)23/h3-10,12-14,21H,2,11H2,1H3. The molecule has 4 rings (SSSR count). The third kappa shape index (κ3) is 3.13. The molecule has 5 heteroatoms. The maximum atomic E-state index is 6.46. The van der Waals surface area contributed by atoms with E-state index in [1.165, 1.54) is 16.5 Å². The first-order valence-corrected chi connectivity index (χ1v) is 9.42. The number of fused-ring (bicyclic) bond motifs is 1. The van der Waals surface area contributed by atoms with Gasteiger partial charge in [0.2, 0.25) is 0 Å². The zero-order chi connectivity index (χ0) is 18.1. The predicted octanol–water partition coefficient (Wildman–Crippen LogP) is 6.00. The van der Waals surface area contributed by atoms with Gasteiger partial charge in [-0.05, 0) is 37.1 Å². The summed E-state index contributed by atoms with van der Waals surface area (Å²) in [5.41, 5.74) is 3.59. The average molecular weight is 384 g/mol. The van der Waals surface area contributed by atoms with Crippen LogP contribution < -0.4 is 0 Å². The van der Waals surface area contributed by atoms with E-state index in [0.29, 0.717) is 10.0 Å². The van der Waals surface area contributed by atoms with Gasteiger partial charge in [0, 0.05) is 51.6 Å². The Labute approximate surface area is 162 Å². The Hall–Kier alpha value is -2.23. The molecular weight excluding hydrogens is 365 g/mol. The van der Waals surface area contributed by atoms with Crippen LogP contribution in [-0.4, -0.2) is 14.1 Å². The average Bonchev–Trinajstić information content (AvgIpc) is 3.29. The molecule has 0 saturated heterocycles. The van der Waals surface area contributed by atoms with E-state index in [2.05, 4.69) is 51.5 Å². The van der Waals surface area contributed by atoms with E-state index in [9.17, 15) is 0 Å². The third-order valence-electron chi connectivity index (χ3n) is 4.83. The Morgan fingerprint density at radius 1 is 1.12 bits per heavy atom. The normalized spacial score (nSPS) is 12.6. The molecule has 0 saturated carbocycles. The molecule has 0 aliphatic carbocycles. The van der Waals surface area contributed by atoms with Crippen LogP contribution in [0.25, 0.3) is 10.9 Å². The highest BCUT2D eigenvalue weighted by Crippen LogP contribution is 2.33. The van der Waals surface area contributed by atoms with Crippen LogP contribution in [0.15, 0.2) is 67.4 Å². The first-order valence-electron chi connectivity index (χ1n) is 8.66. The quantitative estimate of drug-likeness (QED) is 0.414. The molecule has 4 aromatic rings. The molecule has 2 heterocycles. The van der Waals surface area contributed by atoms with Crippen LogP contribution in [-0.2, 0) is 13.0 Å². The van der Waals surface area contributed by atoms with Crippen molar-refractivity contribution in [2.75, 3.05) is 0 Å². The molecule has 2 aromatic carbocycles. The summed E-state index contributed by atoms with van der Waals surface area (Å²) >= 11 is 12.5. The van der Waals surface area contributed by atoms with Gasteiger partial charge in [-0.25, -0.2) is 4.98 Å². The number of rotatable bonds is 5. The van der Waals surface area contributed by atoms with Crippen molar-refractivity contribution in [3.63, 3.8) is 0 Å². The van der Waals surface area contributed by atoms with Crippen LogP contribution in [0.4, 0.5) is 0 Å². The molecule has 0 N–H and O–H groups in total. The molecule has 0 aliphatic heterocycles. The number of aromatic nitrogens is 3. The Morgan fingerprint density at radius 2 is 1.96 bits per heavy atom. The molecule has 0 spiro atoms. The van der Waals surface area contributed by atoms with Gasteiger partial charge in [-0.3, -0.25) is 0 Å². The molecule has 1 unspecified atom stereocenters. The van der Waals surface area contributed by atoms with Gasteiger partial charge in [0.25, 0.3) is 0 Å². The first-order chi connectivity index (χ1) is 12.7. The van der Waals surface area contributed by atoms with Crippen molar-refractivity contribution >= 4 is 34.1 Å². The molecular formula is C21H19Cl2N3. The van der Waals surface area contributed by atoms with Gasteiger partial charge in [0.15, 0.2) is 0 Å². The van der Waals surface area contributed by atoms with E-state index in [4.69, 9.17) is 23.2 Å². The van der Waals surface area contributed by atoms with Crippen LogP contribution >= 0.6 is 23.2 Å². The zero-order valence-electron chi connectivity index (χ0n) is 14.4. The van der Waals surface area contributed by atoms with Gasteiger partial charge in [-0.1, -0.05) is 47.5 Å². The second kappa shape index (κ2) is 7.18. The first kappa shape index (κ1) is 17.2. The number of hydrogen-bond acceptors (Lipinski definition) is 1. The molecule has 0 amide bonds. The van der Waals surface area contributed by atoms with E-state index in [1.807, 2.05) is 30.9 Å². The highest BCUT2D eigenvalue weighted by molar-refractivity contribution is 6.35. The molecule has 2 aromatic heterocycles. The lowest BCUT2D eigenvalue weighted by atomic mass is 9.98. The Morgan fingerprint density at radius 3 is 2.69 bits per heavy atom. The molecule has 0 aliphatic rings. The van der Waals surface area contributed by atoms with Gasteiger partial charge >= 0.3 is 0 Å². The lowest BCUT2D eigenvalue weighted by Crippen LogP contribution is -2.12. The fourth-order valence-electron chi connectivity index (χ4n) is 3.53. The van der Waals surface area contributed by atoms with E-state index >= 15 is 0 Å². The second-order valence-corrected chi connectivity index (χ2v) is 7.20. The Kier molecular flexibility index (Phi) is 4.75. The number of nitrogens with zero attached hydrogens (tertiary/aromatic N) is 3. The lowest BCUT2D eigenvalue weighted by Gasteiger charge is -2.19. The molecule has 0 fully saturated rings. The molecule has 26 heavy (non-hydrogen) atoms. The lowest BCUT2D eigenvalue weighted by molar-refractivity contribution is 0.582. The Balaban J connectivity index is 1.85. The number of hydrogen-bond donors (Lipinski definition) is 0. The van der Waals surface area contributed by atoms with Crippen molar-refractivity contribution in [2.45, 2.75) is 25.9 Å². The van der Waals surface area contributed by atoms with Crippen molar-refractivity contribution in [3.05, 3.63) is 88.6 Å². The van der Waals surface area contributed by atoms with E-state index in [-0.39, 0.29) is 6.04 Å². The van der Waals surface area contributed by atoms with Crippen molar-refractivity contribution in [2.24, 2.45) is 0 Å². The molecule has 0 bridgehead atoms. The maximum Gasteiger partial charge on any atom is 0.0951 e. The summed E-state index contributed by atoms with van der Waals surface area (Å²) in [7, 11) is 0. The van der Waals surface area contributed by atoms with E-state index < -0.39 is 0 Å². The fourth-order valence-corrected chi connectivity index (χ4v) is 4.01. The topological polar surface area (TPSA) is 22.8 Å². The molecule has 0 radical (unpaired) electrons. The summed E-state index contributed by atoms with van der Waals surface area (Å²) in [6.45, 7) is 3.09. The summed E-state index contributed by atoms with van der Waals surface area (Å²) in [6.07, 6.45) is 8.71. The number of aryl methyl sites for hydroxylation is 1. The second-order valence-electron chi connectivity index (χ2n) is 6.35. The third-order valence-corrected chi connectivity index (χ3v) is 5.42. The smallest absolute Gasteiger partial charge is 0.0951 e. The minimum atomic E-state index is 0.105. The molecule has 3 nitrogen and oxygen atoms in total. The van der Waals surface area contributed by atoms with Gasteiger partial charge in [-0.15, -0.1) is 0 Å². The van der Waals surface area contributed by atoms with Gasteiger partial charge < -0.3 is 9.13 Å². The van der Waals surface area contributed by atoms with Crippen LogP contribution in [0, 0.1) is 0 Å². The van der Waals surface area contributed by atoms with E-state index in [1.54, 1.807) is 6.07 Å². The zero-order valence-corrected chi connectivity index (χ0v) is 16.0. The van der Waals surface area contributed by atoms with Crippen molar-refractivity contribution in [1.82, 2.24) is 14.1 Å². The van der Waals surface area contributed by atoms with Crippen LogP contribution in [0.2, 0.25) is 10.0 Å². The summed E-state index contributed by atoms with van der Waals surface area (Å²) < 4.78 is 4.44. The molecule has 132 valence electrons. The van der Waals surface area contributed by atoms with Gasteiger partial charge in [0.05, 0.1) is 12.4 Å². The summed E-state index contributed by atoms with van der Waals surface area (Å²) in [4.78, 5) is 4.26. The minimum Gasteiger partial charge on any atom is -0.347 e. The number of benzene rings is 2. The minimum absolute atomic E-state index is 0.105. The summed E-state index contributed by atoms with van der Waals surface area (Å²) in [5.74, 6) is 0. The number of imidazole rings is 1. The monoisotopic (exact) mass is 383 g/mol.